The zero-order valence-corrected chi connectivity index (χ0v) is 21.0. The van der Waals surface area contributed by atoms with Crippen LogP contribution in [-0.2, 0) is 12.0 Å². The summed E-state index contributed by atoms with van der Waals surface area (Å²) in [7, 11) is 0. The Morgan fingerprint density at radius 1 is 1.00 bits per heavy atom. The van der Waals surface area contributed by atoms with Crippen LogP contribution < -0.4 is 15.8 Å². The van der Waals surface area contributed by atoms with Crippen LogP contribution in [-0.4, -0.2) is 52.0 Å². The molecule has 0 amide bonds. The fraction of sp³-hybridized carbons (Fsp3) is 0.333. The van der Waals surface area contributed by atoms with Crippen LogP contribution in [0.1, 0.15) is 25.0 Å². The summed E-state index contributed by atoms with van der Waals surface area (Å²) in [6, 6.07) is 12.8. The van der Waals surface area contributed by atoms with Crippen molar-refractivity contribution in [3.8, 4) is 22.8 Å². The maximum absolute atomic E-state index is 13.4. The monoisotopic (exact) mass is 524 g/mol. The molecule has 198 valence electrons. The fourth-order valence-corrected chi connectivity index (χ4v) is 4.26. The first-order valence-corrected chi connectivity index (χ1v) is 12.2. The highest BCUT2D eigenvalue weighted by atomic mass is 19.4. The molecule has 0 unspecified atom stereocenters. The zero-order chi connectivity index (χ0) is 26.9. The number of anilines is 1. The predicted octanol–water partition coefficient (Wildman–Crippen LogP) is 4.26. The molecule has 0 atom stereocenters. The number of hydrogen-bond acceptors (Lipinski definition) is 7. The Balaban J connectivity index is 1.36. The van der Waals surface area contributed by atoms with E-state index in [-0.39, 0.29) is 22.8 Å². The van der Waals surface area contributed by atoms with E-state index in [1.165, 1.54) is 30.3 Å². The SMILES string of the molecule is CC(C)(c1ccc(-c2noc(-c3ccc(=O)n(Cc4ccnc(N5CCNCC5)c4)c3)n2)cc1)C(F)(F)F. The number of alkyl halides is 3. The summed E-state index contributed by atoms with van der Waals surface area (Å²) in [4.78, 5) is 23.7. The van der Waals surface area contributed by atoms with E-state index in [9.17, 15) is 18.0 Å². The van der Waals surface area contributed by atoms with Gasteiger partial charge in [-0.3, -0.25) is 4.79 Å². The second kappa shape index (κ2) is 10.1. The lowest BCUT2D eigenvalue weighted by Gasteiger charge is -2.28. The van der Waals surface area contributed by atoms with Gasteiger partial charge in [-0.1, -0.05) is 29.4 Å². The first-order valence-electron chi connectivity index (χ1n) is 12.2. The summed E-state index contributed by atoms with van der Waals surface area (Å²) in [5.74, 6) is 1.31. The average molecular weight is 525 g/mol. The molecule has 3 aromatic heterocycles. The molecule has 0 saturated carbocycles. The van der Waals surface area contributed by atoms with Gasteiger partial charge < -0.3 is 19.3 Å². The molecular formula is C27H27F3N6O2. The lowest BCUT2D eigenvalue weighted by atomic mass is 9.83. The summed E-state index contributed by atoms with van der Waals surface area (Å²) in [6.45, 7) is 6.15. The van der Waals surface area contributed by atoms with Gasteiger partial charge >= 0.3 is 6.18 Å². The fourth-order valence-electron chi connectivity index (χ4n) is 4.26. The van der Waals surface area contributed by atoms with Crippen molar-refractivity contribution >= 4 is 5.82 Å². The maximum Gasteiger partial charge on any atom is 0.397 e. The van der Waals surface area contributed by atoms with E-state index in [0.717, 1.165) is 51.4 Å². The van der Waals surface area contributed by atoms with E-state index in [1.807, 2.05) is 12.1 Å². The van der Waals surface area contributed by atoms with Crippen LogP contribution in [0.3, 0.4) is 0 Å². The quantitative estimate of drug-likeness (QED) is 0.403. The minimum Gasteiger partial charge on any atom is -0.354 e. The molecule has 0 radical (unpaired) electrons. The Hall–Kier alpha value is -3.99. The smallest absolute Gasteiger partial charge is 0.354 e. The average Bonchev–Trinajstić information content (AvgIpc) is 3.40. The zero-order valence-electron chi connectivity index (χ0n) is 21.0. The number of nitrogens with one attached hydrogen (secondary N) is 1. The van der Waals surface area contributed by atoms with E-state index in [0.29, 0.717) is 17.7 Å². The van der Waals surface area contributed by atoms with Gasteiger partial charge in [-0.05, 0) is 43.2 Å². The lowest BCUT2D eigenvalue weighted by molar-refractivity contribution is -0.180. The molecule has 8 nitrogen and oxygen atoms in total. The van der Waals surface area contributed by atoms with Crippen molar-refractivity contribution in [1.82, 2.24) is 25.0 Å². The Morgan fingerprint density at radius 3 is 2.42 bits per heavy atom. The molecule has 1 aromatic carbocycles. The molecule has 0 aliphatic carbocycles. The van der Waals surface area contributed by atoms with Gasteiger partial charge in [0, 0.05) is 50.2 Å². The predicted molar refractivity (Wildman–Crippen MR) is 137 cm³/mol. The number of nitrogens with zero attached hydrogens (tertiary/aromatic N) is 5. The van der Waals surface area contributed by atoms with Crippen LogP contribution in [0.25, 0.3) is 22.8 Å². The second-order valence-corrected chi connectivity index (χ2v) is 9.77. The minimum absolute atomic E-state index is 0.140. The van der Waals surface area contributed by atoms with Crippen molar-refractivity contribution in [2.24, 2.45) is 0 Å². The number of pyridine rings is 2. The van der Waals surface area contributed by atoms with Crippen molar-refractivity contribution in [2.75, 3.05) is 31.1 Å². The Labute approximate surface area is 217 Å². The van der Waals surface area contributed by atoms with Crippen LogP contribution in [0.4, 0.5) is 19.0 Å². The highest BCUT2D eigenvalue weighted by Gasteiger charge is 2.48. The summed E-state index contributed by atoms with van der Waals surface area (Å²) in [6.07, 6.45) is -0.980. The van der Waals surface area contributed by atoms with Gasteiger partial charge in [-0.15, -0.1) is 0 Å². The third kappa shape index (κ3) is 5.19. The molecule has 38 heavy (non-hydrogen) atoms. The topological polar surface area (TPSA) is 89.1 Å². The Morgan fingerprint density at radius 2 is 1.71 bits per heavy atom. The van der Waals surface area contributed by atoms with E-state index in [1.54, 1.807) is 23.0 Å². The first kappa shape index (κ1) is 25.7. The van der Waals surface area contributed by atoms with Crippen LogP contribution in [0.15, 0.2) is 70.2 Å². The minimum atomic E-state index is -4.38. The third-order valence-corrected chi connectivity index (χ3v) is 6.83. The van der Waals surface area contributed by atoms with Crippen molar-refractivity contribution in [3.63, 3.8) is 0 Å². The van der Waals surface area contributed by atoms with Crippen molar-refractivity contribution < 1.29 is 17.7 Å². The van der Waals surface area contributed by atoms with Gasteiger partial charge in [0.1, 0.15) is 5.82 Å². The van der Waals surface area contributed by atoms with E-state index < -0.39 is 11.6 Å². The highest BCUT2D eigenvalue weighted by molar-refractivity contribution is 5.59. The lowest BCUT2D eigenvalue weighted by Crippen LogP contribution is -2.43. The van der Waals surface area contributed by atoms with Crippen LogP contribution >= 0.6 is 0 Å². The number of halogens is 3. The largest absolute Gasteiger partial charge is 0.397 e. The second-order valence-electron chi connectivity index (χ2n) is 9.77. The molecule has 11 heteroatoms. The standard InChI is InChI=1S/C27H27F3N6O2/c1-26(2,27(28,29)30)21-6-3-19(4-7-21)24-33-25(38-34-24)20-5-8-23(37)36(17-20)16-18-9-10-32-22(15-18)35-13-11-31-12-14-35/h3-10,15,17,31H,11-14,16H2,1-2H3. The van der Waals surface area contributed by atoms with Crippen LogP contribution in [0.2, 0.25) is 0 Å². The maximum atomic E-state index is 13.4. The molecule has 1 fully saturated rings. The van der Waals surface area contributed by atoms with Crippen molar-refractivity contribution in [3.05, 3.63) is 82.4 Å². The normalized spacial score (nSPS) is 14.6. The Bertz CT molecular complexity index is 1470. The summed E-state index contributed by atoms with van der Waals surface area (Å²) in [5.41, 5.74) is -0.0252. The molecule has 1 aliphatic rings. The van der Waals surface area contributed by atoms with Gasteiger partial charge in [-0.2, -0.15) is 18.2 Å². The first-order chi connectivity index (χ1) is 18.1. The molecule has 1 N–H and O–H groups in total. The molecule has 4 heterocycles. The van der Waals surface area contributed by atoms with Gasteiger partial charge in [0.05, 0.1) is 17.5 Å². The highest BCUT2D eigenvalue weighted by Crippen LogP contribution is 2.40. The van der Waals surface area contributed by atoms with Gasteiger partial charge in [0.15, 0.2) is 0 Å². The van der Waals surface area contributed by atoms with Gasteiger partial charge in [0.2, 0.25) is 5.82 Å². The summed E-state index contributed by atoms with van der Waals surface area (Å²) >= 11 is 0. The molecular weight excluding hydrogens is 497 g/mol. The molecule has 1 aliphatic heterocycles. The van der Waals surface area contributed by atoms with E-state index >= 15 is 0 Å². The number of hydrogen-bond donors (Lipinski definition) is 1. The van der Waals surface area contributed by atoms with Crippen LogP contribution in [0.5, 0.6) is 0 Å². The van der Waals surface area contributed by atoms with Crippen molar-refractivity contribution in [2.45, 2.75) is 32.0 Å². The number of piperazine rings is 1. The Kier molecular flexibility index (Phi) is 6.78. The van der Waals surface area contributed by atoms with Gasteiger partial charge in [-0.25, -0.2) is 4.98 Å². The number of rotatable bonds is 6. The third-order valence-electron chi connectivity index (χ3n) is 6.83. The molecule has 0 bridgehead atoms. The van der Waals surface area contributed by atoms with Crippen LogP contribution in [0, 0.1) is 0 Å². The van der Waals surface area contributed by atoms with Crippen molar-refractivity contribution in [1.29, 1.82) is 0 Å². The number of benzene rings is 1. The summed E-state index contributed by atoms with van der Waals surface area (Å²) in [5, 5.41) is 7.31. The van der Waals surface area contributed by atoms with E-state index in [4.69, 9.17) is 4.52 Å². The van der Waals surface area contributed by atoms with E-state index in [2.05, 4.69) is 25.3 Å². The van der Waals surface area contributed by atoms with Gasteiger partial charge in [0.25, 0.3) is 11.4 Å². The number of aromatic nitrogens is 4. The molecule has 0 spiro atoms. The molecule has 1 saturated heterocycles. The summed E-state index contributed by atoms with van der Waals surface area (Å²) < 4.78 is 47.1. The molecule has 4 aromatic rings. The molecule has 5 rings (SSSR count).